The van der Waals surface area contributed by atoms with Gasteiger partial charge in [0, 0.05) is 24.9 Å². The molecule has 1 aliphatic heterocycles. The number of aliphatic hydroxyl groups is 1. The van der Waals surface area contributed by atoms with Gasteiger partial charge in [0.05, 0.1) is 5.60 Å². The Hall–Kier alpha value is -1.53. The molecule has 6 heteroatoms. The minimum absolute atomic E-state index is 0.00560. The van der Waals surface area contributed by atoms with Crippen molar-refractivity contribution in [2.24, 2.45) is 11.8 Å². The third-order valence-electron chi connectivity index (χ3n) is 5.48. The number of aromatic nitrogens is 2. The van der Waals surface area contributed by atoms with Gasteiger partial charge in [0.1, 0.15) is 0 Å². The van der Waals surface area contributed by atoms with Crippen molar-refractivity contribution in [3.63, 3.8) is 0 Å². The topological polar surface area (TPSA) is 78.4 Å². The molecule has 1 saturated carbocycles. The summed E-state index contributed by atoms with van der Waals surface area (Å²) < 4.78 is 0. The number of nitrogens with one attached hydrogen (secondary N) is 1. The second kappa shape index (κ2) is 7.57. The van der Waals surface area contributed by atoms with Crippen LogP contribution in [0.3, 0.4) is 0 Å². The highest BCUT2D eigenvalue weighted by Gasteiger charge is 2.35. The van der Waals surface area contributed by atoms with Crippen LogP contribution < -0.4 is 5.32 Å². The molecule has 0 unspecified atom stereocenters. The largest absolute Gasteiger partial charge is 0.389 e. The van der Waals surface area contributed by atoms with Gasteiger partial charge in [-0.15, -0.1) is 0 Å². The summed E-state index contributed by atoms with van der Waals surface area (Å²) in [7, 11) is 0. The van der Waals surface area contributed by atoms with Crippen molar-refractivity contribution in [1.82, 2.24) is 14.9 Å². The second-order valence-corrected chi connectivity index (χ2v) is 7.52. The van der Waals surface area contributed by atoms with Crippen LogP contribution in [0.5, 0.6) is 0 Å². The van der Waals surface area contributed by atoms with E-state index in [0.717, 1.165) is 64.1 Å². The van der Waals surface area contributed by atoms with Crippen molar-refractivity contribution in [3.05, 3.63) is 18.5 Å². The minimum Gasteiger partial charge on any atom is -0.389 e. The van der Waals surface area contributed by atoms with Crippen LogP contribution in [0.25, 0.3) is 0 Å². The molecule has 0 radical (unpaired) electrons. The van der Waals surface area contributed by atoms with Crippen LogP contribution in [-0.2, 0) is 4.79 Å². The van der Waals surface area contributed by atoms with Crippen LogP contribution in [-0.4, -0.2) is 51.1 Å². The maximum Gasteiger partial charge on any atom is 0.229 e. The number of piperidine rings is 1. The lowest BCUT2D eigenvalue weighted by molar-refractivity contribution is -0.121. The summed E-state index contributed by atoms with van der Waals surface area (Å²) in [5.41, 5.74) is -0.528. The van der Waals surface area contributed by atoms with Gasteiger partial charge in [0.2, 0.25) is 11.9 Å². The number of amides is 1. The molecule has 2 heterocycles. The number of carbonyl (C=O) groups excluding carboxylic acids is 1. The summed E-state index contributed by atoms with van der Waals surface area (Å²) in [6.07, 6.45) is 8.93. The van der Waals surface area contributed by atoms with E-state index >= 15 is 0 Å². The predicted octanol–water partition coefficient (Wildman–Crippen LogP) is 2.07. The Balaban J connectivity index is 1.44. The molecule has 24 heavy (non-hydrogen) atoms. The van der Waals surface area contributed by atoms with E-state index in [0.29, 0.717) is 5.95 Å². The Morgan fingerprint density at radius 2 is 1.88 bits per heavy atom. The summed E-state index contributed by atoms with van der Waals surface area (Å²) in [6, 6.07) is 1.73. The first-order chi connectivity index (χ1) is 11.5. The molecule has 0 aromatic carbocycles. The third-order valence-corrected chi connectivity index (χ3v) is 5.48. The average molecular weight is 332 g/mol. The van der Waals surface area contributed by atoms with Gasteiger partial charge >= 0.3 is 0 Å². The highest BCUT2D eigenvalue weighted by atomic mass is 16.3. The van der Waals surface area contributed by atoms with E-state index in [9.17, 15) is 9.90 Å². The summed E-state index contributed by atoms with van der Waals surface area (Å²) in [6.45, 7) is 4.74. The monoisotopic (exact) mass is 332 g/mol. The predicted molar refractivity (Wildman–Crippen MR) is 92.4 cm³/mol. The van der Waals surface area contributed by atoms with E-state index in [-0.39, 0.29) is 11.8 Å². The van der Waals surface area contributed by atoms with Gasteiger partial charge in [-0.2, -0.15) is 0 Å². The first kappa shape index (κ1) is 17.3. The maximum absolute atomic E-state index is 12.3. The molecule has 0 bridgehead atoms. The highest BCUT2D eigenvalue weighted by molar-refractivity contribution is 5.90. The molecule has 2 fully saturated rings. The number of anilines is 1. The molecular weight excluding hydrogens is 304 g/mol. The molecule has 1 aliphatic carbocycles. The van der Waals surface area contributed by atoms with Crippen LogP contribution in [0.1, 0.15) is 45.4 Å². The molecule has 1 amide bonds. The molecule has 1 saturated heterocycles. The number of nitrogens with zero attached hydrogens (tertiary/aromatic N) is 3. The van der Waals surface area contributed by atoms with Crippen LogP contribution in [0, 0.1) is 11.8 Å². The lowest BCUT2D eigenvalue weighted by Crippen LogP contribution is -2.48. The third kappa shape index (κ3) is 4.51. The fraction of sp³-hybridized carbons (Fsp3) is 0.722. The summed E-state index contributed by atoms with van der Waals surface area (Å²) in [5, 5.41) is 13.6. The van der Waals surface area contributed by atoms with Crippen LogP contribution >= 0.6 is 0 Å². The zero-order chi connectivity index (χ0) is 17.0. The van der Waals surface area contributed by atoms with Crippen molar-refractivity contribution in [2.75, 3.05) is 25.0 Å². The molecule has 2 aliphatic rings. The van der Waals surface area contributed by atoms with Gasteiger partial charge < -0.3 is 10.0 Å². The molecule has 1 aromatic heterocycles. The van der Waals surface area contributed by atoms with Gasteiger partial charge in [-0.3, -0.25) is 10.1 Å². The number of hydrogen-bond acceptors (Lipinski definition) is 5. The van der Waals surface area contributed by atoms with E-state index in [4.69, 9.17) is 0 Å². The zero-order valence-corrected chi connectivity index (χ0v) is 14.4. The average Bonchev–Trinajstić information content (AvgIpc) is 2.59. The first-order valence-electron chi connectivity index (χ1n) is 9.07. The Morgan fingerprint density at radius 3 is 2.50 bits per heavy atom. The molecule has 0 spiro atoms. The Bertz CT molecular complexity index is 535. The molecule has 132 valence electrons. The zero-order valence-electron chi connectivity index (χ0n) is 14.4. The number of β-amino-alcohol motifs (C(OH)–C–C–N with tert-alkyl or cyclic N) is 1. The molecule has 6 nitrogen and oxygen atoms in total. The molecule has 1 aromatic rings. The van der Waals surface area contributed by atoms with Gasteiger partial charge in [0.15, 0.2) is 0 Å². The number of carbonyl (C=O) groups is 1. The van der Waals surface area contributed by atoms with Crippen LogP contribution in [0.15, 0.2) is 18.5 Å². The maximum atomic E-state index is 12.3. The molecule has 0 atom stereocenters. The molecule has 2 N–H and O–H groups in total. The SMILES string of the molecule is CC1CCC(O)(CN2CCC(C(=O)Nc3ncccn3)CC2)CC1. The summed E-state index contributed by atoms with van der Waals surface area (Å²) >= 11 is 0. The fourth-order valence-electron chi connectivity index (χ4n) is 3.80. The number of hydrogen-bond donors (Lipinski definition) is 2. The van der Waals surface area contributed by atoms with E-state index in [1.54, 1.807) is 18.5 Å². The Labute approximate surface area is 143 Å². The highest BCUT2D eigenvalue weighted by Crippen LogP contribution is 2.33. The van der Waals surface area contributed by atoms with E-state index < -0.39 is 5.60 Å². The normalized spacial score (nSPS) is 29.3. The van der Waals surface area contributed by atoms with Gasteiger partial charge in [-0.25, -0.2) is 9.97 Å². The van der Waals surface area contributed by atoms with Crippen molar-refractivity contribution < 1.29 is 9.90 Å². The van der Waals surface area contributed by atoms with Gasteiger partial charge in [-0.1, -0.05) is 6.92 Å². The van der Waals surface area contributed by atoms with Gasteiger partial charge in [0.25, 0.3) is 0 Å². The number of rotatable bonds is 4. The lowest BCUT2D eigenvalue weighted by atomic mass is 9.79. The van der Waals surface area contributed by atoms with E-state index in [1.165, 1.54) is 0 Å². The van der Waals surface area contributed by atoms with Crippen molar-refractivity contribution >= 4 is 11.9 Å². The van der Waals surface area contributed by atoms with E-state index in [1.807, 2.05) is 0 Å². The van der Waals surface area contributed by atoms with Crippen molar-refractivity contribution in [2.45, 2.75) is 51.0 Å². The first-order valence-corrected chi connectivity index (χ1v) is 9.07. The van der Waals surface area contributed by atoms with Crippen molar-refractivity contribution in [3.8, 4) is 0 Å². The second-order valence-electron chi connectivity index (χ2n) is 7.52. The fourth-order valence-corrected chi connectivity index (χ4v) is 3.80. The quantitative estimate of drug-likeness (QED) is 0.882. The minimum atomic E-state index is -0.528. The lowest BCUT2D eigenvalue weighted by Gasteiger charge is -2.41. The number of likely N-dealkylation sites (tertiary alicyclic amines) is 1. The Morgan fingerprint density at radius 1 is 1.25 bits per heavy atom. The standard InChI is InChI=1S/C18H28N4O2/c1-14-3-7-18(24,8-4-14)13-22-11-5-15(6-12-22)16(23)21-17-19-9-2-10-20-17/h2,9-10,14-15,24H,3-8,11-13H2,1H3,(H,19,20,21,23). The van der Waals surface area contributed by atoms with E-state index in [2.05, 4.69) is 27.1 Å². The smallest absolute Gasteiger partial charge is 0.229 e. The molecular formula is C18H28N4O2. The molecule has 3 rings (SSSR count). The van der Waals surface area contributed by atoms with Gasteiger partial charge in [-0.05, 0) is 63.6 Å². The summed E-state index contributed by atoms with van der Waals surface area (Å²) in [5.74, 6) is 1.12. The summed E-state index contributed by atoms with van der Waals surface area (Å²) in [4.78, 5) is 22.7. The van der Waals surface area contributed by atoms with Crippen molar-refractivity contribution in [1.29, 1.82) is 0 Å². The van der Waals surface area contributed by atoms with Crippen LogP contribution in [0.4, 0.5) is 5.95 Å². The Kier molecular flexibility index (Phi) is 5.46. The van der Waals surface area contributed by atoms with Crippen LogP contribution in [0.2, 0.25) is 0 Å².